The summed E-state index contributed by atoms with van der Waals surface area (Å²) in [5.41, 5.74) is 2.09. The lowest BCUT2D eigenvalue weighted by Crippen LogP contribution is -2.44. The number of morpholine rings is 1. The number of pyridine rings is 1. The van der Waals surface area contributed by atoms with Crippen molar-refractivity contribution in [1.29, 1.82) is 0 Å². The van der Waals surface area contributed by atoms with E-state index >= 15 is 4.39 Å². The van der Waals surface area contributed by atoms with Crippen molar-refractivity contribution < 1.29 is 9.13 Å². The number of nitrogens with zero attached hydrogens (tertiary/aromatic N) is 4. The third-order valence-electron chi connectivity index (χ3n) is 7.19. The van der Waals surface area contributed by atoms with Crippen LogP contribution in [0.15, 0.2) is 41.3 Å². The van der Waals surface area contributed by atoms with Gasteiger partial charge in [0.15, 0.2) is 0 Å². The highest BCUT2D eigenvalue weighted by Gasteiger charge is 2.31. The molecule has 1 saturated heterocycles. The molecule has 8 heteroatoms. The van der Waals surface area contributed by atoms with Gasteiger partial charge >= 0.3 is 0 Å². The molecule has 3 aromatic rings. The average Bonchev–Trinajstić information content (AvgIpc) is 3.65. The van der Waals surface area contributed by atoms with E-state index in [-0.39, 0.29) is 35.7 Å². The fraction of sp³-hybridized carbons (Fsp3) is 0.519. The maximum Gasteiger partial charge on any atom is 0.252 e. The van der Waals surface area contributed by atoms with Crippen LogP contribution in [0.3, 0.4) is 0 Å². The molecule has 2 fully saturated rings. The van der Waals surface area contributed by atoms with Gasteiger partial charge in [0.1, 0.15) is 11.5 Å². The summed E-state index contributed by atoms with van der Waals surface area (Å²) in [6.45, 7) is 10.3. The Hall–Kier alpha value is -2.84. The number of benzene rings is 1. The van der Waals surface area contributed by atoms with Gasteiger partial charge in [-0.2, -0.15) is 4.98 Å². The SMILES string of the molecule is CC1CN(Cc2ccc([C@H](C)Nc3ncc4ccc(=O)n([C@@H](C)C5CC5)c4n3)cc2F)C[C@@H](C)O1. The second-order valence-electron chi connectivity index (χ2n) is 10.3. The van der Waals surface area contributed by atoms with Crippen molar-refractivity contribution in [2.45, 2.75) is 71.4 Å². The number of rotatable bonds is 7. The van der Waals surface area contributed by atoms with E-state index in [0.717, 1.165) is 36.9 Å². The highest BCUT2D eigenvalue weighted by Crippen LogP contribution is 2.39. The van der Waals surface area contributed by atoms with Gasteiger partial charge in [-0.1, -0.05) is 12.1 Å². The molecule has 1 N–H and O–H groups in total. The molecule has 2 aliphatic rings. The molecule has 0 radical (unpaired) electrons. The van der Waals surface area contributed by atoms with Crippen molar-refractivity contribution >= 4 is 17.0 Å². The minimum atomic E-state index is -0.213. The number of anilines is 1. The largest absolute Gasteiger partial charge is 0.373 e. The summed E-state index contributed by atoms with van der Waals surface area (Å²) in [4.78, 5) is 24.0. The molecule has 5 rings (SSSR count). The third kappa shape index (κ3) is 5.23. The van der Waals surface area contributed by atoms with Gasteiger partial charge in [-0.3, -0.25) is 14.3 Å². The fourth-order valence-corrected chi connectivity index (χ4v) is 5.18. The molecule has 2 aromatic heterocycles. The predicted molar refractivity (Wildman–Crippen MR) is 135 cm³/mol. The Labute approximate surface area is 205 Å². The second-order valence-corrected chi connectivity index (χ2v) is 10.3. The highest BCUT2D eigenvalue weighted by molar-refractivity contribution is 5.75. The third-order valence-corrected chi connectivity index (χ3v) is 7.19. The Morgan fingerprint density at radius 3 is 2.57 bits per heavy atom. The van der Waals surface area contributed by atoms with E-state index in [1.165, 1.54) is 0 Å². The summed E-state index contributed by atoms with van der Waals surface area (Å²) in [6.07, 6.45) is 4.32. The lowest BCUT2D eigenvalue weighted by molar-refractivity contribution is -0.0707. The normalized spacial score (nSPS) is 22.8. The second kappa shape index (κ2) is 9.66. The summed E-state index contributed by atoms with van der Waals surface area (Å²) in [7, 11) is 0. The van der Waals surface area contributed by atoms with Crippen LogP contribution >= 0.6 is 0 Å². The summed E-state index contributed by atoms with van der Waals surface area (Å²) in [5.74, 6) is 0.733. The topological polar surface area (TPSA) is 72.3 Å². The van der Waals surface area contributed by atoms with E-state index < -0.39 is 0 Å². The van der Waals surface area contributed by atoms with Crippen molar-refractivity contribution in [3.63, 3.8) is 0 Å². The molecule has 3 heterocycles. The minimum Gasteiger partial charge on any atom is -0.373 e. The van der Waals surface area contributed by atoms with E-state index in [1.54, 1.807) is 29.0 Å². The number of nitrogens with one attached hydrogen (secondary N) is 1. The smallest absolute Gasteiger partial charge is 0.252 e. The fourth-order valence-electron chi connectivity index (χ4n) is 5.18. The zero-order valence-electron chi connectivity index (χ0n) is 20.9. The Morgan fingerprint density at radius 2 is 1.89 bits per heavy atom. The maximum absolute atomic E-state index is 15.0. The molecule has 1 saturated carbocycles. The van der Waals surface area contributed by atoms with Gasteiger partial charge in [-0.25, -0.2) is 9.37 Å². The van der Waals surface area contributed by atoms with Crippen molar-refractivity contribution in [2.24, 2.45) is 5.92 Å². The number of hydrogen-bond acceptors (Lipinski definition) is 6. The van der Waals surface area contributed by atoms with Crippen LogP contribution in [0.5, 0.6) is 0 Å². The molecule has 35 heavy (non-hydrogen) atoms. The van der Waals surface area contributed by atoms with Crippen LogP contribution in [0.1, 0.15) is 63.7 Å². The zero-order chi connectivity index (χ0) is 24.7. The number of ether oxygens (including phenoxy) is 1. The predicted octanol–water partition coefficient (Wildman–Crippen LogP) is 4.68. The van der Waals surface area contributed by atoms with Crippen LogP contribution in [0.4, 0.5) is 10.3 Å². The van der Waals surface area contributed by atoms with Crippen LogP contribution in [0.25, 0.3) is 11.0 Å². The first-order chi connectivity index (χ1) is 16.8. The Bertz CT molecular complexity index is 1260. The van der Waals surface area contributed by atoms with E-state index in [2.05, 4.69) is 36.0 Å². The highest BCUT2D eigenvalue weighted by atomic mass is 19.1. The zero-order valence-corrected chi connectivity index (χ0v) is 20.9. The van der Waals surface area contributed by atoms with Gasteiger partial charge in [0.25, 0.3) is 5.56 Å². The molecule has 7 nitrogen and oxygen atoms in total. The molecule has 1 aliphatic carbocycles. The molecule has 186 valence electrons. The summed E-state index contributed by atoms with van der Waals surface area (Å²) in [5, 5.41) is 4.12. The first kappa shape index (κ1) is 23.9. The van der Waals surface area contributed by atoms with Crippen LogP contribution in [-0.2, 0) is 11.3 Å². The monoisotopic (exact) mass is 479 g/mol. The Kier molecular flexibility index (Phi) is 6.59. The van der Waals surface area contributed by atoms with Crippen molar-refractivity contribution in [3.05, 3.63) is 63.8 Å². The van der Waals surface area contributed by atoms with E-state index in [1.807, 2.05) is 19.1 Å². The molecular weight excluding hydrogens is 445 g/mol. The molecule has 1 aliphatic heterocycles. The molecule has 0 bridgehead atoms. The van der Waals surface area contributed by atoms with E-state index in [9.17, 15) is 4.79 Å². The molecule has 0 spiro atoms. The molecule has 1 unspecified atom stereocenters. The van der Waals surface area contributed by atoms with Crippen LogP contribution < -0.4 is 10.9 Å². The maximum atomic E-state index is 15.0. The molecular formula is C27H34FN5O2. The first-order valence-electron chi connectivity index (χ1n) is 12.6. The van der Waals surface area contributed by atoms with Gasteiger partial charge in [0, 0.05) is 48.9 Å². The summed E-state index contributed by atoms with van der Waals surface area (Å²) < 4.78 is 22.6. The average molecular weight is 480 g/mol. The van der Waals surface area contributed by atoms with Crippen molar-refractivity contribution in [2.75, 3.05) is 18.4 Å². The number of fused-ring (bicyclic) bond motifs is 1. The lowest BCUT2D eigenvalue weighted by Gasteiger charge is -2.35. The molecule has 4 atom stereocenters. The van der Waals surface area contributed by atoms with Crippen molar-refractivity contribution in [3.8, 4) is 0 Å². The molecule has 0 amide bonds. The summed E-state index contributed by atoms with van der Waals surface area (Å²) >= 11 is 0. The Morgan fingerprint density at radius 1 is 1.14 bits per heavy atom. The van der Waals surface area contributed by atoms with Gasteiger partial charge < -0.3 is 10.1 Å². The first-order valence-corrected chi connectivity index (χ1v) is 12.6. The van der Waals surface area contributed by atoms with Gasteiger partial charge in [0.2, 0.25) is 5.95 Å². The van der Waals surface area contributed by atoms with E-state index in [4.69, 9.17) is 9.72 Å². The minimum absolute atomic E-state index is 0.0451. The summed E-state index contributed by atoms with van der Waals surface area (Å²) in [6, 6.07) is 8.66. The van der Waals surface area contributed by atoms with Gasteiger partial charge in [-0.05, 0) is 64.2 Å². The number of aromatic nitrogens is 3. The Balaban J connectivity index is 1.33. The van der Waals surface area contributed by atoms with E-state index in [0.29, 0.717) is 29.6 Å². The van der Waals surface area contributed by atoms with Crippen LogP contribution in [0, 0.1) is 11.7 Å². The van der Waals surface area contributed by atoms with Gasteiger partial charge in [-0.15, -0.1) is 0 Å². The van der Waals surface area contributed by atoms with Crippen molar-refractivity contribution in [1.82, 2.24) is 19.4 Å². The quantitative estimate of drug-likeness (QED) is 0.530. The number of halogens is 1. The standard InChI is InChI=1S/C27H34FN5O2/c1-16-13-32(14-17(2)35-16)15-23-8-7-21(11-24(23)28)18(3)30-27-29-12-22-9-10-25(34)33(26(22)31-27)19(4)20-5-6-20/h7-12,16-20H,5-6,13-15H2,1-4H3,(H,29,30,31)/t16-,17?,18+,19+/m1/s1. The van der Waals surface area contributed by atoms with Crippen LogP contribution in [-0.4, -0.2) is 44.7 Å². The lowest BCUT2D eigenvalue weighted by atomic mass is 10.0. The molecule has 1 aromatic carbocycles. The number of hydrogen-bond donors (Lipinski definition) is 1. The van der Waals surface area contributed by atoms with Crippen LogP contribution in [0.2, 0.25) is 0 Å². The van der Waals surface area contributed by atoms with Gasteiger partial charge in [0.05, 0.1) is 18.2 Å².